The summed E-state index contributed by atoms with van der Waals surface area (Å²) in [5.74, 6) is 7.14. The minimum Gasteiger partial charge on any atom is -0.264 e. The molecular weight excluding hydrogens is 126 g/mol. The van der Waals surface area contributed by atoms with Crippen LogP contribution < -0.4 is 5.84 Å². The number of nitrogens with zero attached hydrogens (tertiary/aromatic N) is 2. The number of hydrogen-bond acceptors (Lipinski definition) is 2. The van der Waals surface area contributed by atoms with Crippen LogP contribution in [0.2, 0.25) is 0 Å². The van der Waals surface area contributed by atoms with Gasteiger partial charge in [-0.2, -0.15) is 10.9 Å². The van der Waals surface area contributed by atoms with Crippen LogP contribution in [0.15, 0.2) is 0 Å². The summed E-state index contributed by atoms with van der Waals surface area (Å²) in [5, 5.41) is 1.91. The average Bonchev–Trinajstić information content (AvgIpc) is 2.36. The van der Waals surface area contributed by atoms with Crippen molar-refractivity contribution in [3.63, 3.8) is 0 Å². The first kappa shape index (κ1) is 6.16. The van der Waals surface area contributed by atoms with Gasteiger partial charge in [-0.1, -0.05) is 0 Å². The van der Waals surface area contributed by atoms with Crippen LogP contribution in [0.3, 0.4) is 0 Å². The van der Waals surface area contributed by atoms with Gasteiger partial charge in [-0.25, -0.2) is 0 Å². The summed E-state index contributed by atoms with van der Waals surface area (Å²) in [7, 11) is 0. The zero-order chi connectivity index (χ0) is 6.97. The molecule has 3 heteroatoms. The molecule has 2 aliphatic rings. The molecule has 0 aromatic heterocycles. The van der Waals surface area contributed by atoms with Crippen molar-refractivity contribution >= 4 is 5.84 Å². The van der Waals surface area contributed by atoms with Crippen molar-refractivity contribution < 1.29 is 4.58 Å². The summed E-state index contributed by atoms with van der Waals surface area (Å²) < 4.78 is 2.41. The summed E-state index contributed by atoms with van der Waals surface area (Å²) in [5.41, 5.74) is 0. The molecule has 0 bridgehead atoms. The highest BCUT2D eigenvalue weighted by Crippen LogP contribution is 2.10. The fourth-order valence-corrected chi connectivity index (χ4v) is 1.84. The Hall–Kier alpha value is -0.570. The second-order valence-electron chi connectivity index (χ2n) is 3.05. The van der Waals surface area contributed by atoms with Gasteiger partial charge in [0.15, 0.2) is 0 Å². The van der Waals surface area contributed by atoms with Crippen molar-refractivity contribution in [2.75, 3.05) is 19.6 Å². The van der Waals surface area contributed by atoms with Crippen LogP contribution in [0.25, 0.3) is 0 Å². The molecule has 10 heavy (non-hydrogen) atoms. The van der Waals surface area contributed by atoms with E-state index in [1.165, 1.54) is 38.2 Å². The molecule has 0 unspecified atom stereocenters. The Labute approximate surface area is 61.1 Å². The van der Waals surface area contributed by atoms with Crippen LogP contribution in [0.4, 0.5) is 0 Å². The zero-order valence-electron chi connectivity index (χ0n) is 6.21. The van der Waals surface area contributed by atoms with E-state index in [0.717, 1.165) is 6.54 Å². The molecule has 0 spiro atoms. The van der Waals surface area contributed by atoms with Crippen molar-refractivity contribution in [3.8, 4) is 0 Å². The molecule has 0 aliphatic carbocycles. The van der Waals surface area contributed by atoms with Gasteiger partial charge in [0.25, 0.3) is 5.84 Å². The molecule has 0 atom stereocenters. The van der Waals surface area contributed by atoms with Crippen molar-refractivity contribution in [2.24, 2.45) is 5.84 Å². The van der Waals surface area contributed by atoms with E-state index in [2.05, 4.69) is 4.58 Å². The van der Waals surface area contributed by atoms with Gasteiger partial charge in [-0.05, 0) is 6.42 Å². The van der Waals surface area contributed by atoms with Crippen LogP contribution in [0.1, 0.15) is 19.3 Å². The smallest absolute Gasteiger partial charge is 0.264 e. The maximum atomic E-state index is 5.77. The van der Waals surface area contributed by atoms with E-state index in [-0.39, 0.29) is 0 Å². The molecule has 2 heterocycles. The first-order chi connectivity index (χ1) is 4.88. The Morgan fingerprint density at radius 2 is 2.10 bits per heavy atom. The summed E-state index contributed by atoms with van der Waals surface area (Å²) in [6.45, 7) is 3.50. The fourth-order valence-electron chi connectivity index (χ4n) is 1.84. The number of nitrogens with two attached hydrogens (primary N) is 1. The molecule has 0 aromatic carbocycles. The third kappa shape index (κ3) is 0.814. The molecule has 0 fully saturated rings. The lowest BCUT2D eigenvalue weighted by Gasteiger charge is -2.17. The van der Waals surface area contributed by atoms with Crippen molar-refractivity contribution in [1.82, 2.24) is 5.01 Å². The molecule has 0 amide bonds. The summed E-state index contributed by atoms with van der Waals surface area (Å²) in [4.78, 5) is 0. The largest absolute Gasteiger partial charge is 0.265 e. The predicted octanol–water partition coefficient (Wildman–Crippen LogP) is -0.229. The van der Waals surface area contributed by atoms with E-state index >= 15 is 0 Å². The normalized spacial score (nSPS) is 25.5. The van der Waals surface area contributed by atoms with Gasteiger partial charge in [0.05, 0.1) is 19.5 Å². The minimum absolute atomic E-state index is 1.05. The van der Waals surface area contributed by atoms with Gasteiger partial charge in [0.1, 0.15) is 6.54 Å². The van der Waals surface area contributed by atoms with Gasteiger partial charge in [0, 0.05) is 6.42 Å². The Morgan fingerprint density at radius 1 is 1.30 bits per heavy atom. The molecule has 0 aromatic rings. The molecule has 2 N–H and O–H groups in total. The fraction of sp³-hybridized carbons (Fsp3) is 0.857. The molecule has 56 valence electrons. The average molecular weight is 140 g/mol. The van der Waals surface area contributed by atoms with Crippen LogP contribution in [-0.2, 0) is 0 Å². The van der Waals surface area contributed by atoms with Gasteiger partial charge < -0.3 is 0 Å². The Balaban J connectivity index is 2.22. The number of hydrogen-bond donors (Lipinski definition) is 1. The Bertz CT molecular complexity index is 174. The SMILES string of the molecule is NN1CCC[N+]2=C1CCC2. The van der Waals surface area contributed by atoms with E-state index in [1.807, 2.05) is 5.01 Å². The lowest BCUT2D eigenvalue weighted by Crippen LogP contribution is -2.45. The number of hydrazine groups is 1. The Morgan fingerprint density at radius 3 is 2.90 bits per heavy atom. The molecular formula is C7H14N3+. The zero-order valence-corrected chi connectivity index (χ0v) is 6.21. The topological polar surface area (TPSA) is 32.3 Å². The quantitative estimate of drug-likeness (QED) is 0.372. The van der Waals surface area contributed by atoms with E-state index in [4.69, 9.17) is 5.84 Å². The molecule has 0 saturated carbocycles. The Kier molecular flexibility index (Phi) is 1.38. The third-order valence-electron chi connectivity index (χ3n) is 2.35. The van der Waals surface area contributed by atoms with Crippen molar-refractivity contribution in [3.05, 3.63) is 0 Å². The lowest BCUT2D eigenvalue weighted by molar-refractivity contribution is -0.530. The summed E-state index contributed by atoms with van der Waals surface area (Å²) in [6.07, 6.45) is 3.71. The second kappa shape index (κ2) is 2.23. The van der Waals surface area contributed by atoms with Crippen LogP contribution >= 0.6 is 0 Å². The highest BCUT2D eigenvalue weighted by molar-refractivity contribution is 5.78. The van der Waals surface area contributed by atoms with E-state index < -0.39 is 0 Å². The first-order valence-corrected chi connectivity index (χ1v) is 4.01. The van der Waals surface area contributed by atoms with E-state index in [9.17, 15) is 0 Å². The van der Waals surface area contributed by atoms with Gasteiger partial charge in [-0.3, -0.25) is 4.58 Å². The molecule has 0 saturated heterocycles. The maximum Gasteiger partial charge on any atom is 0.265 e. The third-order valence-corrected chi connectivity index (χ3v) is 2.35. The van der Waals surface area contributed by atoms with E-state index in [1.54, 1.807) is 0 Å². The first-order valence-electron chi connectivity index (χ1n) is 4.01. The second-order valence-corrected chi connectivity index (χ2v) is 3.05. The summed E-state index contributed by atoms with van der Waals surface area (Å²) in [6, 6.07) is 0. The summed E-state index contributed by atoms with van der Waals surface area (Å²) >= 11 is 0. The van der Waals surface area contributed by atoms with Gasteiger partial charge in [0.2, 0.25) is 0 Å². The lowest BCUT2D eigenvalue weighted by atomic mass is 10.3. The minimum atomic E-state index is 1.05. The number of amidine groups is 1. The van der Waals surface area contributed by atoms with Crippen molar-refractivity contribution in [1.29, 1.82) is 0 Å². The molecule has 3 nitrogen and oxygen atoms in total. The van der Waals surface area contributed by atoms with Crippen LogP contribution in [0.5, 0.6) is 0 Å². The maximum absolute atomic E-state index is 5.77. The van der Waals surface area contributed by atoms with E-state index in [0.29, 0.717) is 0 Å². The highest BCUT2D eigenvalue weighted by Gasteiger charge is 2.28. The highest BCUT2D eigenvalue weighted by atomic mass is 15.5. The number of rotatable bonds is 0. The molecule has 2 rings (SSSR count). The van der Waals surface area contributed by atoms with Gasteiger partial charge >= 0.3 is 0 Å². The van der Waals surface area contributed by atoms with Crippen LogP contribution in [-0.4, -0.2) is 35.1 Å². The molecule has 0 radical (unpaired) electrons. The monoisotopic (exact) mass is 140 g/mol. The standard InChI is InChI=1S/C7H14N3/c8-10-6-2-5-9-4-1-3-7(9)10/h1-6,8H2/q+1. The van der Waals surface area contributed by atoms with Crippen molar-refractivity contribution in [2.45, 2.75) is 19.3 Å². The predicted molar refractivity (Wildman–Crippen MR) is 39.7 cm³/mol. The van der Waals surface area contributed by atoms with Gasteiger partial charge in [-0.15, -0.1) is 0 Å². The van der Waals surface area contributed by atoms with Crippen LogP contribution in [0, 0.1) is 0 Å². The molecule has 2 aliphatic heterocycles.